The summed E-state index contributed by atoms with van der Waals surface area (Å²) in [6.45, 7) is 7.11. The van der Waals surface area contributed by atoms with E-state index in [0.717, 1.165) is 50.3 Å². The minimum absolute atomic E-state index is 0.153. The highest BCUT2D eigenvalue weighted by molar-refractivity contribution is 5.97. The van der Waals surface area contributed by atoms with Crippen molar-refractivity contribution >= 4 is 12.0 Å². The van der Waals surface area contributed by atoms with Gasteiger partial charge in [-0.05, 0) is 44.2 Å². The number of piperidine rings is 1. The van der Waals surface area contributed by atoms with E-state index in [2.05, 4.69) is 0 Å². The second-order valence-electron chi connectivity index (χ2n) is 5.66. The molecule has 1 atom stereocenters. The molecule has 1 aromatic rings. The Morgan fingerprint density at radius 3 is 2.86 bits per heavy atom. The number of benzene rings is 1. The average molecular weight is 287 g/mol. The molecule has 1 amide bonds. The number of hydrogen-bond donors (Lipinski definition) is 0. The van der Waals surface area contributed by atoms with Gasteiger partial charge in [0.2, 0.25) is 5.91 Å². The molecule has 1 aliphatic rings. The Morgan fingerprint density at radius 2 is 2.14 bits per heavy atom. The molecule has 0 aliphatic carbocycles. The summed E-state index contributed by atoms with van der Waals surface area (Å²) in [7, 11) is 0. The Balaban J connectivity index is 1.97. The summed E-state index contributed by atoms with van der Waals surface area (Å²) in [4.78, 5) is 14.5. The summed E-state index contributed by atoms with van der Waals surface area (Å²) in [5, 5.41) is 0. The van der Waals surface area contributed by atoms with Crippen molar-refractivity contribution in [1.29, 1.82) is 0 Å². The zero-order valence-corrected chi connectivity index (χ0v) is 13.0. The maximum absolute atomic E-state index is 12.5. The third-order valence-corrected chi connectivity index (χ3v) is 3.88. The van der Waals surface area contributed by atoms with Crippen LogP contribution in [0.25, 0.3) is 6.08 Å². The van der Waals surface area contributed by atoms with Crippen LogP contribution in [0, 0.1) is 5.92 Å². The van der Waals surface area contributed by atoms with Crippen LogP contribution in [0.5, 0.6) is 0 Å². The highest BCUT2D eigenvalue weighted by Crippen LogP contribution is 2.19. The first kappa shape index (κ1) is 15.8. The molecule has 0 saturated carbocycles. The van der Waals surface area contributed by atoms with E-state index >= 15 is 0 Å². The summed E-state index contributed by atoms with van der Waals surface area (Å²) in [6.07, 6.45) is 4.20. The van der Waals surface area contributed by atoms with Crippen molar-refractivity contribution in [1.82, 2.24) is 4.90 Å². The van der Waals surface area contributed by atoms with Gasteiger partial charge in [0.1, 0.15) is 0 Å². The largest absolute Gasteiger partial charge is 0.381 e. The van der Waals surface area contributed by atoms with Gasteiger partial charge in [0.25, 0.3) is 0 Å². The van der Waals surface area contributed by atoms with Crippen LogP contribution >= 0.6 is 0 Å². The maximum atomic E-state index is 12.5. The zero-order valence-electron chi connectivity index (χ0n) is 13.0. The van der Waals surface area contributed by atoms with Crippen molar-refractivity contribution in [2.45, 2.75) is 26.7 Å². The summed E-state index contributed by atoms with van der Waals surface area (Å²) in [5.74, 6) is 0.632. The fourth-order valence-electron chi connectivity index (χ4n) is 2.78. The molecule has 0 bridgehead atoms. The van der Waals surface area contributed by atoms with Gasteiger partial charge in [-0.3, -0.25) is 4.79 Å². The molecule has 1 unspecified atom stereocenters. The minimum atomic E-state index is 0.153. The van der Waals surface area contributed by atoms with E-state index in [1.807, 2.05) is 55.2 Å². The Labute approximate surface area is 127 Å². The molecule has 3 nitrogen and oxygen atoms in total. The van der Waals surface area contributed by atoms with Crippen LogP contribution in [0.1, 0.15) is 32.3 Å². The van der Waals surface area contributed by atoms with Crippen LogP contribution in [0.15, 0.2) is 35.9 Å². The molecule has 0 spiro atoms. The fourth-order valence-corrected chi connectivity index (χ4v) is 2.78. The Bertz CT molecular complexity index is 481. The van der Waals surface area contributed by atoms with Crippen molar-refractivity contribution in [3.8, 4) is 0 Å². The number of likely N-dealkylation sites (tertiary alicyclic amines) is 1. The van der Waals surface area contributed by atoms with E-state index in [1.165, 1.54) is 0 Å². The lowest BCUT2D eigenvalue weighted by atomic mass is 9.98. The standard InChI is InChI=1S/C18H25NO2/c1-3-21-14-17-10-7-11-19(13-17)18(20)15(2)12-16-8-5-4-6-9-16/h4-6,8-9,12,17H,3,7,10-11,13-14H2,1-2H3/b15-12+. The number of amides is 1. The second-order valence-corrected chi connectivity index (χ2v) is 5.66. The normalized spacial score (nSPS) is 19.6. The third-order valence-electron chi connectivity index (χ3n) is 3.88. The first-order chi connectivity index (χ1) is 10.2. The van der Waals surface area contributed by atoms with Crippen LogP contribution in [0.4, 0.5) is 0 Å². The smallest absolute Gasteiger partial charge is 0.249 e. The van der Waals surface area contributed by atoms with Gasteiger partial charge >= 0.3 is 0 Å². The molecule has 2 rings (SSSR count). The number of hydrogen-bond acceptors (Lipinski definition) is 2. The SMILES string of the molecule is CCOCC1CCCN(C(=O)/C(C)=C/c2ccccc2)C1. The maximum Gasteiger partial charge on any atom is 0.249 e. The molecule has 0 aromatic heterocycles. The molecule has 3 heteroatoms. The van der Waals surface area contributed by atoms with Gasteiger partial charge in [-0.25, -0.2) is 0 Å². The van der Waals surface area contributed by atoms with Crippen LogP contribution < -0.4 is 0 Å². The summed E-state index contributed by atoms with van der Waals surface area (Å²) >= 11 is 0. The number of nitrogens with zero attached hydrogens (tertiary/aromatic N) is 1. The molecule has 1 saturated heterocycles. The van der Waals surface area contributed by atoms with Crippen molar-refractivity contribution < 1.29 is 9.53 Å². The quantitative estimate of drug-likeness (QED) is 0.777. The number of carbonyl (C=O) groups is 1. The predicted molar refractivity (Wildman–Crippen MR) is 85.9 cm³/mol. The van der Waals surface area contributed by atoms with Gasteiger partial charge in [0.15, 0.2) is 0 Å². The van der Waals surface area contributed by atoms with Gasteiger partial charge in [0.05, 0.1) is 6.61 Å². The van der Waals surface area contributed by atoms with E-state index < -0.39 is 0 Å². The van der Waals surface area contributed by atoms with Gasteiger partial charge in [0, 0.05) is 25.3 Å². The molecule has 0 N–H and O–H groups in total. The highest BCUT2D eigenvalue weighted by Gasteiger charge is 2.24. The van der Waals surface area contributed by atoms with Gasteiger partial charge in [-0.15, -0.1) is 0 Å². The Hall–Kier alpha value is -1.61. The van der Waals surface area contributed by atoms with E-state index in [-0.39, 0.29) is 5.91 Å². The zero-order chi connectivity index (χ0) is 15.1. The molecule has 1 heterocycles. The van der Waals surface area contributed by atoms with E-state index in [1.54, 1.807) is 0 Å². The van der Waals surface area contributed by atoms with Crippen LogP contribution in [-0.4, -0.2) is 37.1 Å². The van der Waals surface area contributed by atoms with Gasteiger partial charge < -0.3 is 9.64 Å². The molecular formula is C18H25NO2. The molecule has 1 fully saturated rings. The Morgan fingerprint density at radius 1 is 1.38 bits per heavy atom. The van der Waals surface area contributed by atoms with Crippen molar-refractivity contribution in [3.05, 3.63) is 41.5 Å². The van der Waals surface area contributed by atoms with Crippen LogP contribution in [-0.2, 0) is 9.53 Å². The van der Waals surface area contributed by atoms with Crippen molar-refractivity contribution in [3.63, 3.8) is 0 Å². The predicted octanol–water partition coefficient (Wildman–Crippen LogP) is 3.37. The summed E-state index contributed by atoms with van der Waals surface area (Å²) in [6, 6.07) is 10.00. The molecule has 1 aromatic carbocycles. The first-order valence-electron chi connectivity index (χ1n) is 7.81. The third kappa shape index (κ3) is 4.71. The monoisotopic (exact) mass is 287 g/mol. The lowest BCUT2D eigenvalue weighted by Gasteiger charge is -2.32. The average Bonchev–Trinajstić information content (AvgIpc) is 2.53. The lowest BCUT2D eigenvalue weighted by Crippen LogP contribution is -2.41. The molecule has 21 heavy (non-hydrogen) atoms. The first-order valence-corrected chi connectivity index (χ1v) is 7.81. The number of ether oxygens (including phenoxy) is 1. The van der Waals surface area contributed by atoms with Crippen LogP contribution in [0.3, 0.4) is 0 Å². The van der Waals surface area contributed by atoms with Gasteiger partial charge in [-0.2, -0.15) is 0 Å². The topological polar surface area (TPSA) is 29.5 Å². The number of carbonyl (C=O) groups excluding carboxylic acids is 1. The lowest BCUT2D eigenvalue weighted by molar-refractivity contribution is -0.129. The summed E-state index contributed by atoms with van der Waals surface area (Å²) < 4.78 is 5.50. The molecular weight excluding hydrogens is 262 g/mol. The van der Waals surface area contributed by atoms with E-state index in [4.69, 9.17) is 4.74 Å². The van der Waals surface area contributed by atoms with E-state index in [0.29, 0.717) is 5.92 Å². The van der Waals surface area contributed by atoms with Crippen molar-refractivity contribution in [2.24, 2.45) is 5.92 Å². The fraction of sp³-hybridized carbons (Fsp3) is 0.500. The summed E-state index contributed by atoms with van der Waals surface area (Å²) in [5.41, 5.74) is 1.88. The Kier molecular flexibility index (Phi) is 6.00. The highest BCUT2D eigenvalue weighted by atomic mass is 16.5. The van der Waals surface area contributed by atoms with E-state index in [9.17, 15) is 4.79 Å². The molecule has 1 aliphatic heterocycles. The van der Waals surface area contributed by atoms with Crippen molar-refractivity contribution in [2.75, 3.05) is 26.3 Å². The number of rotatable bonds is 5. The van der Waals surface area contributed by atoms with Gasteiger partial charge in [-0.1, -0.05) is 30.3 Å². The molecule has 114 valence electrons. The van der Waals surface area contributed by atoms with Crippen LogP contribution in [0.2, 0.25) is 0 Å². The second kappa shape index (κ2) is 7.99. The molecule has 0 radical (unpaired) electrons. The minimum Gasteiger partial charge on any atom is -0.381 e.